The summed E-state index contributed by atoms with van der Waals surface area (Å²) < 4.78 is 17.7. The van der Waals surface area contributed by atoms with E-state index < -0.39 is 0 Å². The largest absolute Gasteiger partial charge is 0.351 e. The molecule has 3 heterocycles. The molecule has 0 saturated carbocycles. The van der Waals surface area contributed by atoms with Gasteiger partial charge >= 0.3 is 0 Å². The van der Waals surface area contributed by atoms with Crippen molar-refractivity contribution in [2.24, 2.45) is 0 Å². The first-order valence-corrected chi connectivity index (χ1v) is 11.4. The SMILES string of the molecule is Cc1cc(N2C(=S)N[C@H](c3ccccn3)[C@H]2c2cccn2-c2ccccc2F)ccc1Br. The Morgan fingerprint density at radius 2 is 1.84 bits per heavy atom. The first kappa shape index (κ1) is 20.8. The summed E-state index contributed by atoms with van der Waals surface area (Å²) in [4.78, 5) is 6.69. The minimum Gasteiger partial charge on any atom is -0.351 e. The van der Waals surface area contributed by atoms with E-state index >= 15 is 0 Å². The number of hydrogen-bond donors (Lipinski definition) is 1. The third-order valence-corrected chi connectivity index (χ3v) is 6.92. The Labute approximate surface area is 199 Å². The van der Waals surface area contributed by atoms with Gasteiger partial charge in [-0.1, -0.05) is 34.1 Å². The number of aromatic nitrogens is 2. The molecule has 0 amide bonds. The Bertz CT molecular complexity index is 1290. The summed E-state index contributed by atoms with van der Waals surface area (Å²) >= 11 is 9.39. The summed E-state index contributed by atoms with van der Waals surface area (Å²) in [6, 6.07) is 22.3. The maximum absolute atomic E-state index is 14.7. The van der Waals surface area contributed by atoms with E-state index in [4.69, 9.17) is 12.2 Å². The van der Waals surface area contributed by atoms with Crippen molar-refractivity contribution < 1.29 is 4.39 Å². The molecule has 1 aliphatic rings. The number of nitrogens with zero attached hydrogens (tertiary/aromatic N) is 3. The van der Waals surface area contributed by atoms with E-state index in [0.29, 0.717) is 10.8 Å². The molecule has 7 heteroatoms. The van der Waals surface area contributed by atoms with Gasteiger partial charge in [-0.2, -0.15) is 0 Å². The number of nitrogens with one attached hydrogen (secondary N) is 1. The van der Waals surface area contributed by atoms with Crippen molar-refractivity contribution in [1.29, 1.82) is 0 Å². The Hall–Kier alpha value is -3.03. The number of rotatable bonds is 4. The van der Waals surface area contributed by atoms with Crippen molar-refractivity contribution in [2.45, 2.75) is 19.0 Å². The molecule has 4 aromatic rings. The van der Waals surface area contributed by atoms with Gasteiger partial charge < -0.3 is 14.8 Å². The van der Waals surface area contributed by atoms with Crippen LogP contribution in [0.2, 0.25) is 0 Å². The summed E-state index contributed by atoms with van der Waals surface area (Å²) in [6.07, 6.45) is 3.66. The molecule has 2 aromatic carbocycles. The van der Waals surface area contributed by atoms with E-state index in [1.807, 2.05) is 66.2 Å². The third kappa shape index (κ3) is 3.61. The molecule has 1 fully saturated rings. The first-order valence-electron chi connectivity index (χ1n) is 10.2. The molecule has 4 nitrogen and oxygen atoms in total. The molecule has 0 aliphatic carbocycles. The van der Waals surface area contributed by atoms with Crippen LogP contribution in [0.5, 0.6) is 0 Å². The van der Waals surface area contributed by atoms with Crippen molar-refractivity contribution >= 4 is 38.9 Å². The monoisotopic (exact) mass is 506 g/mol. The van der Waals surface area contributed by atoms with Gasteiger partial charge in [0.25, 0.3) is 0 Å². The number of pyridine rings is 1. The highest BCUT2D eigenvalue weighted by molar-refractivity contribution is 9.10. The summed E-state index contributed by atoms with van der Waals surface area (Å²) in [5, 5.41) is 4.07. The van der Waals surface area contributed by atoms with E-state index in [9.17, 15) is 4.39 Å². The fraction of sp³-hybridized carbons (Fsp3) is 0.120. The first-order chi connectivity index (χ1) is 15.5. The summed E-state index contributed by atoms with van der Waals surface area (Å²) in [6.45, 7) is 2.05. The molecule has 0 bridgehead atoms. The molecule has 0 spiro atoms. The van der Waals surface area contributed by atoms with Crippen LogP contribution in [0.15, 0.2) is 89.7 Å². The van der Waals surface area contributed by atoms with Gasteiger partial charge in [0.15, 0.2) is 5.11 Å². The fourth-order valence-corrected chi connectivity index (χ4v) is 4.81. The molecule has 5 rings (SSSR count). The van der Waals surface area contributed by atoms with Gasteiger partial charge in [0, 0.05) is 28.2 Å². The quantitative estimate of drug-likeness (QED) is 0.331. The summed E-state index contributed by atoms with van der Waals surface area (Å²) in [5.41, 5.74) is 4.36. The fourth-order valence-electron chi connectivity index (χ4n) is 4.21. The standard InChI is InChI=1S/C25H20BrFN4S/c1-16-15-17(11-12-18(16)26)31-24(23(29-25(31)32)20-8-4-5-13-28-20)22-10-6-14-30(22)21-9-3-2-7-19(21)27/h2-15,23-24H,1H3,(H,29,32)/t23-,24-/m1/s1. The highest BCUT2D eigenvalue weighted by Gasteiger charge is 2.42. The van der Waals surface area contributed by atoms with Crippen LogP contribution >= 0.6 is 28.1 Å². The maximum atomic E-state index is 14.7. The number of para-hydroxylation sites is 1. The van der Waals surface area contributed by atoms with Crippen LogP contribution in [0.4, 0.5) is 10.1 Å². The molecule has 1 aliphatic heterocycles. The van der Waals surface area contributed by atoms with E-state index in [2.05, 4.69) is 37.2 Å². The second-order valence-corrected chi connectivity index (χ2v) is 8.93. The van der Waals surface area contributed by atoms with Gasteiger partial charge in [-0.15, -0.1) is 0 Å². The zero-order valence-corrected chi connectivity index (χ0v) is 19.6. The van der Waals surface area contributed by atoms with Crippen LogP contribution in [-0.4, -0.2) is 14.7 Å². The van der Waals surface area contributed by atoms with E-state index in [1.54, 1.807) is 18.3 Å². The van der Waals surface area contributed by atoms with Crippen LogP contribution in [0.25, 0.3) is 5.69 Å². The van der Waals surface area contributed by atoms with Crippen molar-refractivity contribution in [2.75, 3.05) is 4.90 Å². The molecule has 1 N–H and O–H groups in total. The van der Waals surface area contributed by atoms with Gasteiger partial charge in [-0.05, 0) is 79.3 Å². The minimum absolute atomic E-state index is 0.201. The van der Waals surface area contributed by atoms with Gasteiger partial charge in [-0.3, -0.25) is 4.98 Å². The van der Waals surface area contributed by atoms with E-state index in [-0.39, 0.29) is 17.9 Å². The normalized spacial score (nSPS) is 18.1. The third-order valence-electron chi connectivity index (χ3n) is 5.71. The Kier molecular flexibility index (Phi) is 5.53. The van der Waals surface area contributed by atoms with Crippen molar-refractivity contribution in [1.82, 2.24) is 14.9 Å². The summed E-state index contributed by atoms with van der Waals surface area (Å²) in [7, 11) is 0. The minimum atomic E-state index is -0.279. The van der Waals surface area contributed by atoms with Gasteiger partial charge in [0.2, 0.25) is 0 Å². The number of benzene rings is 2. The average molecular weight is 507 g/mol. The molecule has 0 unspecified atom stereocenters. The highest BCUT2D eigenvalue weighted by atomic mass is 79.9. The number of hydrogen-bond acceptors (Lipinski definition) is 2. The van der Waals surface area contributed by atoms with Gasteiger partial charge in [-0.25, -0.2) is 4.39 Å². The lowest BCUT2D eigenvalue weighted by molar-refractivity contribution is 0.544. The van der Waals surface area contributed by atoms with Crippen molar-refractivity contribution in [3.8, 4) is 5.69 Å². The van der Waals surface area contributed by atoms with Gasteiger partial charge in [0.05, 0.1) is 17.4 Å². The molecule has 160 valence electrons. The zero-order chi connectivity index (χ0) is 22.2. The molecule has 2 atom stereocenters. The van der Waals surface area contributed by atoms with Gasteiger partial charge in [0.1, 0.15) is 11.9 Å². The predicted octanol–water partition coefficient (Wildman–Crippen LogP) is 6.26. The van der Waals surface area contributed by atoms with Crippen LogP contribution in [-0.2, 0) is 0 Å². The topological polar surface area (TPSA) is 33.1 Å². The van der Waals surface area contributed by atoms with Crippen LogP contribution in [0.3, 0.4) is 0 Å². The van der Waals surface area contributed by atoms with Crippen molar-refractivity contribution in [3.63, 3.8) is 0 Å². The summed E-state index contributed by atoms with van der Waals surface area (Å²) in [5.74, 6) is -0.279. The number of anilines is 1. The second kappa shape index (κ2) is 8.48. The Balaban J connectivity index is 1.69. The molecule has 2 aromatic heterocycles. The van der Waals surface area contributed by atoms with Crippen LogP contribution < -0.4 is 10.2 Å². The molecule has 1 saturated heterocycles. The molecular weight excluding hydrogens is 487 g/mol. The lowest BCUT2D eigenvalue weighted by atomic mass is 10.0. The average Bonchev–Trinajstić information content (AvgIpc) is 3.41. The smallest absolute Gasteiger partial charge is 0.174 e. The van der Waals surface area contributed by atoms with E-state index in [0.717, 1.165) is 27.1 Å². The molecule has 0 radical (unpaired) electrons. The number of thiocarbonyl (C=S) groups is 1. The van der Waals surface area contributed by atoms with E-state index in [1.165, 1.54) is 6.07 Å². The Morgan fingerprint density at radius 1 is 1.03 bits per heavy atom. The highest BCUT2D eigenvalue weighted by Crippen LogP contribution is 2.43. The van der Waals surface area contributed by atoms with Crippen molar-refractivity contribution in [3.05, 3.63) is 112 Å². The number of aryl methyl sites for hydroxylation is 1. The second-order valence-electron chi connectivity index (χ2n) is 7.68. The lowest BCUT2D eigenvalue weighted by Crippen LogP contribution is -2.30. The molecular formula is C25H20BrFN4S. The van der Waals surface area contributed by atoms with Crippen LogP contribution in [0, 0.1) is 12.7 Å². The number of halogens is 2. The maximum Gasteiger partial charge on any atom is 0.174 e. The Morgan fingerprint density at radius 3 is 2.59 bits per heavy atom. The van der Waals surface area contributed by atoms with Crippen LogP contribution in [0.1, 0.15) is 29.0 Å². The molecule has 32 heavy (non-hydrogen) atoms. The lowest BCUT2D eigenvalue weighted by Gasteiger charge is -2.29. The zero-order valence-electron chi connectivity index (χ0n) is 17.2. The predicted molar refractivity (Wildman–Crippen MR) is 133 cm³/mol.